The van der Waals surface area contributed by atoms with Crippen LogP contribution in [0.2, 0.25) is 0 Å². The van der Waals surface area contributed by atoms with Crippen molar-refractivity contribution >= 4 is 39.2 Å². The van der Waals surface area contributed by atoms with Gasteiger partial charge in [0.2, 0.25) is 40.7 Å². The van der Waals surface area contributed by atoms with Crippen LogP contribution in [0.5, 0.6) is 5.75 Å². The molecule has 0 aliphatic carbocycles. The van der Waals surface area contributed by atoms with Gasteiger partial charge in [0.05, 0.1) is 42.5 Å². The van der Waals surface area contributed by atoms with E-state index in [2.05, 4.69) is 28.5 Å². The van der Waals surface area contributed by atoms with Crippen LogP contribution < -0.4 is 14.7 Å². The molecule has 1 saturated heterocycles. The number of morpholine rings is 1. The molecule has 2 atom stereocenters. The minimum Gasteiger partial charge on any atom is -0.628 e. The third kappa shape index (κ3) is 5.02. The molecule has 0 amide bonds. The number of quaternary nitrogens is 1. The lowest BCUT2D eigenvalue weighted by Crippen LogP contribution is -3.05. The van der Waals surface area contributed by atoms with Crippen molar-refractivity contribution in [3.05, 3.63) is 74.8 Å². The fraction of sp³-hybridized carbons (Fsp3) is 0.357. The highest BCUT2D eigenvalue weighted by Gasteiger charge is 2.37. The van der Waals surface area contributed by atoms with Crippen LogP contribution in [0.3, 0.4) is 0 Å². The summed E-state index contributed by atoms with van der Waals surface area (Å²) in [7, 11) is 0. The van der Waals surface area contributed by atoms with Gasteiger partial charge in [0.25, 0.3) is 0 Å². The standard InChI is InChI=1S/C28H24F5N3O5S/c1-28(2)9-18-25(36(38)12-28)34-27(42-18)35-5-6-39-11-15(35)7-14-10-40-17-4-3-13(8-16(14)17)26(37)41-24-22(32)20(30)19(29)21(31)23(24)33/h3-4,8,10,15,36H,5-7,9,11-12H2,1-2H3/t15-/m0/s1. The molecular weight excluding hydrogens is 585 g/mol. The summed E-state index contributed by atoms with van der Waals surface area (Å²) in [4.78, 5) is 20.5. The minimum atomic E-state index is -2.36. The summed E-state index contributed by atoms with van der Waals surface area (Å²) in [6.45, 7) is 5.93. The van der Waals surface area contributed by atoms with Gasteiger partial charge in [-0.2, -0.15) is 13.8 Å². The largest absolute Gasteiger partial charge is 0.628 e. The van der Waals surface area contributed by atoms with Crippen molar-refractivity contribution in [2.45, 2.75) is 32.7 Å². The molecule has 6 rings (SSSR count). The minimum absolute atomic E-state index is 0.0275. The Kier molecular flexibility index (Phi) is 7.20. The van der Waals surface area contributed by atoms with Gasteiger partial charge in [-0.25, -0.2) is 18.0 Å². The number of benzene rings is 2. The predicted octanol–water partition coefficient (Wildman–Crippen LogP) is 4.85. The van der Waals surface area contributed by atoms with Crippen LogP contribution in [-0.4, -0.2) is 43.3 Å². The number of anilines is 1. The van der Waals surface area contributed by atoms with Crippen LogP contribution in [0.25, 0.3) is 11.0 Å². The second-order valence-electron chi connectivity index (χ2n) is 11.1. The molecule has 2 aromatic heterocycles. The van der Waals surface area contributed by atoms with Gasteiger partial charge in [-0.1, -0.05) is 25.2 Å². The van der Waals surface area contributed by atoms with E-state index in [9.17, 15) is 32.0 Å². The lowest BCUT2D eigenvalue weighted by atomic mass is 9.86. The molecule has 1 N–H and O–H groups in total. The average Bonchev–Trinajstić information content (AvgIpc) is 3.56. The number of rotatable bonds is 5. The van der Waals surface area contributed by atoms with E-state index in [0.29, 0.717) is 55.1 Å². The Morgan fingerprint density at radius 2 is 1.88 bits per heavy atom. The van der Waals surface area contributed by atoms with Crippen molar-refractivity contribution in [1.82, 2.24) is 4.98 Å². The summed E-state index contributed by atoms with van der Waals surface area (Å²) in [6.07, 6.45) is 2.67. The lowest BCUT2D eigenvalue weighted by Gasteiger charge is -2.35. The van der Waals surface area contributed by atoms with Crippen molar-refractivity contribution in [2.24, 2.45) is 5.41 Å². The smallest absolute Gasteiger partial charge is 0.343 e. The Morgan fingerprint density at radius 1 is 1.17 bits per heavy atom. The number of carbonyl (C=O) groups excluding carboxylic acids is 1. The zero-order valence-corrected chi connectivity index (χ0v) is 23.2. The number of nitrogens with one attached hydrogen (secondary N) is 1. The number of furan rings is 1. The molecule has 1 unspecified atom stereocenters. The second kappa shape index (κ2) is 10.6. The van der Waals surface area contributed by atoms with E-state index >= 15 is 0 Å². The van der Waals surface area contributed by atoms with Gasteiger partial charge in [0.1, 0.15) is 5.58 Å². The zero-order chi connectivity index (χ0) is 29.9. The Labute approximate surface area is 239 Å². The molecule has 42 heavy (non-hydrogen) atoms. The highest BCUT2D eigenvalue weighted by molar-refractivity contribution is 7.16. The molecule has 4 aromatic rings. The topological polar surface area (TPSA) is 92.3 Å². The van der Waals surface area contributed by atoms with Crippen molar-refractivity contribution in [2.75, 3.05) is 31.2 Å². The fourth-order valence-corrected chi connectivity index (χ4v) is 6.77. The van der Waals surface area contributed by atoms with Crippen LogP contribution in [0.1, 0.15) is 34.6 Å². The Balaban J connectivity index is 1.26. The van der Waals surface area contributed by atoms with Crippen molar-refractivity contribution in [3.8, 4) is 5.75 Å². The van der Waals surface area contributed by atoms with Crippen LogP contribution >= 0.6 is 11.3 Å². The average molecular weight is 610 g/mol. The van der Waals surface area contributed by atoms with Gasteiger partial charge in [0.15, 0.2) is 5.13 Å². The number of hydrogen-bond donors (Lipinski definition) is 1. The zero-order valence-electron chi connectivity index (χ0n) is 22.4. The molecule has 1 fully saturated rings. The molecule has 0 saturated carbocycles. The molecule has 2 aliphatic heterocycles. The number of nitrogens with zero attached hydrogens (tertiary/aromatic N) is 2. The number of thiazole rings is 1. The van der Waals surface area contributed by atoms with E-state index in [4.69, 9.17) is 9.15 Å². The maximum Gasteiger partial charge on any atom is 0.343 e. The normalized spacial score (nSPS) is 20.1. The molecule has 0 spiro atoms. The summed E-state index contributed by atoms with van der Waals surface area (Å²) in [5.74, 6) is -13.8. The van der Waals surface area contributed by atoms with E-state index in [1.807, 2.05) is 0 Å². The molecule has 4 heterocycles. The first kappa shape index (κ1) is 28.5. The van der Waals surface area contributed by atoms with Crippen LogP contribution in [0, 0.1) is 39.7 Å². The maximum atomic E-state index is 14.1. The number of esters is 1. The van der Waals surface area contributed by atoms with Gasteiger partial charge in [-0.3, -0.25) is 0 Å². The summed E-state index contributed by atoms with van der Waals surface area (Å²) < 4.78 is 84.6. The third-order valence-corrected chi connectivity index (χ3v) is 8.50. The van der Waals surface area contributed by atoms with Gasteiger partial charge < -0.3 is 29.1 Å². The Hall–Kier alpha value is -3.59. The Morgan fingerprint density at radius 3 is 2.62 bits per heavy atom. The molecule has 0 radical (unpaired) electrons. The number of hydrogen-bond acceptors (Lipinski definition) is 8. The van der Waals surface area contributed by atoms with Gasteiger partial charge in [-0.15, -0.1) is 0 Å². The lowest BCUT2D eigenvalue weighted by molar-refractivity contribution is -0.790. The molecule has 8 nitrogen and oxygen atoms in total. The summed E-state index contributed by atoms with van der Waals surface area (Å²) in [5.41, 5.74) is 0.747. The van der Waals surface area contributed by atoms with Gasteiger partial charge in [-0.05, 0) is 24.6 Å². The van der Waals surface area contributed by atoms with Crippen molar-refractivity contribution in [3.63, 3.8) is 0 Å². The Bertz CT molecular complexity index is 1680. The maximum absolute atomic E-state index is 14.1. The number of carbonyl (C=O) groups is 1. The summed E-state index contributed by atoms with van der Waals surface area (Å²) >= 11 is 1.50. The van der Waals surface area contributed by atoms with E-state index < -0.39 is 40.8 Å². The van der Waals surface area contributed by atoms with E-state index in [-0.39, 0.29) is 22.1 Å². The van der Waals surface area contributed by atoms with Crippen LogP contribution in [0.4, 0.5) is 32.9 Å². The van der Waals surface area contributed by atoms with E-state index in [1.54, 1.807) is 0 Å². The second-order valence-corrected chi connectivity index (χ2v) is 12.2. The molecular formula is C28H24F5N3O5S. The van der Waals surface area contributed by atoms with Crippen molar-refractivity contribution in [1.29, 1.82) is 0 Å². The van der Waals surface area contributed by atoms with E-state index in [0.717, 1.165) is 16.4 Å². The first-order valence-corrected chi connectivity index (χ1v) is 13.9. The summed E-state index contributed by atoms with van der Waals surface area (Å²) in [6, 6.07) is 3.85. The number of fused-ring (bicyclic) bond motifs is 2. The fourth-order valence-electron chi connectivity index (χ4n) is 5.34. The summed E-state index contributed by atoms with van der Waals surface area (Å²) in [5, 5.41) is 14.0. The van der Waals surface area contributed by atoms with Gasteiger partial charge in [0, 0.05) is 29.3 Å². The van der Waals surface area contributed by atoms with Crippen LogP contribution in [-0.2, 0) is 17.6 Å². The molecule has 222 valence electrons. The number of hydroxylamine groups is 1. The van der Waals surface area contributed by atoms with Gasteiger partial charge >= 0.3 is 5.97 Å². The molecule has 2 aromatic carbocycles. The quantitative estimate of drug-likeness (QED) is 0.0864. The van der Waals surface area contributed by atoms with Crippen LogP contribution in [0.15, 0.2) is 28.9 Å². The SMILES string of the molecule is CC1(C)Cc2sc(N3CCOC[C@@H]3Cc3coc4ccc(C(=O)Oc5c(F)c(F)c(F)c(F)c5F)cc34)nc2[NH+]([O-])C1. The predicted molar refractivity (Wildman–Crippen MR) is 142 cm³/mol. The third-order valence-electron chi connectivity index (χ3n) is 7.41. The first-order chi connectivity index (χ1) is 19.9. The number of halogens is 5. The van der Waals surface area contributed by atoms with Crippen molar-refractivity contribution < 1.29 is 45.7 Å². The highest BCUT2D eigenvalue weighted by atomic mass is 32.1. The monoisotopic (exact) mass is 609 g/mol. The highest BCUT2D eigenvalue weighted by Crippen LogP contribution is 2.38. The molecule has 2 aliphatic rings. The van der Waals surface area contributed by atoms with E-state index in [1.165, 1.54) is 35.8 Å². The molecule has 14 heteroatoms. The number of ether oxygens (including phenoxy) is 2. The molecule has 0 bridgehead atoms. The number of aromatic nitrogens is 1. The first-order valence-electron chi connectivity index (χ1n) is 13.0.